The molecule has 0 unspecified atom stereocenters. The van der Waals surface area contributed by atoms with Crippen molar-refractivity contribution in [1.82, 2.24) is 4.57 Å². The van der Waals surface area contributed by atoms with Gasteiger partial charge in [0, 0.05) is 29.9 Å². The third-order valence-electron chi connectivity index (χ3n) is 8.30. The Hall–Kier alpha value is -2.54. The van der Waals surface area contributed by atoms with E-state index in [2.05, 4.69) is 86.3 Å². The Balaban J connectivity index is 1.74. The van der Waals surface area contributed by atoms with E-state index < -0.39 is 0 Å². The van der Waals surface area contributed by atoms with Crippen molar-refractivity contribution in [3.63, 3.8) is 0 Å². The fourth-order valence-corrected chi connectivity index (χ4v) is 6.64. The van der Waals surface area contributed by atoms with Crippen LogP contribution >= 0.6 is 0 Å². The van der Waals surface area contributed by atoms with E-state index in [4.69, 9.17) is 0 Å². The molecule has 0 N–H and O–H groups in total. The van der Waals surface area contributed by atoms with Crippen LogP contribution in [-0.2, 0) is 12.0 Å². The van der Waals surface area contributed by atoms with Crippen molar-refractivity contribution in [3.8, 4) is 11.1 Å². The molecule has 0 amide bonds. The molecule has 0 spiro atoms. The Kier molecular flexibility index (Phi) is 6.82. The maximum atomic E-state index is 2.50. The van der Waals surface area contributed by atoms with E-state index in [0.29, 0.717) is 0 Å². The quantitative estimate of drug-likeness (QED) is 0.262. The van der Waals surface area contributed by atoms with Gasteiger partial charge in [0.1, 0.15) is 0 Å². The highest BCUT2D eigenvalue weighted by atomic mass is 14.9. The normalized spacial score (nSPS) is 15.6. The van der Waals surface area contributed by atoms with E-state index in [0.717, 1.165) is 6.54 Å². The van der Waals surface area contributed by atoms with Gasteiger partial charge in [0.15, 0.2) is 0 Å². The number of benzene rings is 1. The fourth-order valence-electron chi connectivity index (χ4n) is 6.64. The van der Waals surface area contributed by atoms with Crippen LogP contribution in [0.1, 0.15) is 96.1 Å². The molecule has 178 valence electrons. The molecule has 5 rings (SSSR count). The lowest BCUT2D eigenvalue weighted by Gasteiger charge is -2.41. The second kappa shape index (κ2) is 9.98. The maximum absolute atomic E-state index is 2.50. The van der Waals surface area contributed by atoms with Crippen molar-refractivity contribution < 1.29 is 0 Å². The molecule has 0 fully saturated rings. The number of rotatable bonds is 11. The zero-order chi connectivity index (χ0) is 23.5. The summed E-state index contributed by atoms with van der Waals surface area (Å²) in [4.78, 5) is 0. The number of nitrogens with zero attached hydrogens (tertiary/aromatic N) is 1. The van der Waals surface area contributed by atoms with Gasteiger partial charge in [0.2, 0.25) is 0 Å². The molecule has 0 atom stereocenters. The molecule has 0 bridgehead atoms. The summed E-state index contributed by atoms with van der Waals surface area (Å²) >= 11 is 0. The molecule has 4 aliphatic rings. The molecule has 1 heterocycles. The van der Waals surface area contributed by atoms with E-state index in [1.165, 1.54) is 96.9 Å². The predicted octanol–water partition coefficient (Wildman–Crippen LogP) is 7.83. The highest BCUT2D eigenvalue weighted by molar-refractivity contribution is 6.00. The number of hydrogen-bond acceptors (Lipinski definition) is 0. The first-order valence-corrected chi connectivity index (χ1v) is 13.9. The number of aryl methyl sites for hydroxylation is 1. The first-order chi connectivity index (χ1) is 16.7. The van der Waals surface area contributed by atoms with Crippen LogP contribution in [0.3, 0.4) is 0 Å². The van der Waals surface area contributed by atoms with E-state index in [-0.39, 0.29) is 5.41 Å². The summed E-state index contributed by atoms with van der Waals surface area (Å²) in [5, 5.41) is 2.90. The van der Waals surface area contributed by atoms with Crippen molar-refractivity contribution in [3.05, 3.63) is 75.9 Å². The van der Waals surface area contributed by atoms with Crippen molar-refractivity contribution >= 4 is 17.7 Å². The van der Waals surface area contributed by atoms with Crippen molar-refractivity contribution in [2.45, 2.75) is 96.9 Å². The number of unbranched alkanes of at least 4 members (excludes halogenated alkanes) is 6. The highest BCUT2D eigenvalue weighted by Gasteiger charge is 2.44. The molecule has 3 aliphatic carbocycles. The SMILES string of the molecule is CCCCCCC1(CCCCCC)C2=c3ccccc3=CC2=Cc2cc3ccn(CC)cc-3c21. The lowest BCUT2D eigenvalue weighted by molar-refractivity contribution is 0.417. The van der Waals surface area contributed by atoms with Crippen molar-refractivity contribution in [2.75, 3.05) is 0 Å². The number of pyridine rings is 1. The van der Waals surface area contributed by atoms with E-state index in [9.17, 15) is 0 Å². The smallest absolute Gasteiger partial charge is 0.0227 e. The van der Waals surface area contributed by atoms with Gasteiger partial charge in [0.05, 0.1) is 0 Å². The molecule has 0 radical (unpaired) electrons. The Bertz CT molecular complexity index is 1260. The molecule has 0 aromatic heterocycles. The van der Waals surface area contributed by atoms with Crippen LogP contribution < -0.4 is 10.4 Å². The average Bonchev–Trinajstić information content (AvgIpc) is 3.42. The molecule has 0 saturated heterocycles. The molecule has 1 heteroatoms. The van der Waals surface area contributed by atoms with Crippen LogP contribution in [0.25, 0.3) is 28.9 Å². The van der Waals surface area contributed by atoms with Crippen molar-refractivity contribution in [2.24, 2.45) is 0 Å². The van der Waals surface area contributed by atoms with Gasteiger partial charge < -0.3 is 4.57 Å². The lowest BCUT2D eigenvalue weighted by atomic mass is 9.62. The molecule has 1 aromatic carbocycles. The van der Waals surface area contributed by atoms with Crippen molar-refractivity contribution in [1.29, 1.82) is 0 Å². The van der Waals surface area contributed by atoms with Gasteiger partial charge in [-0.3, -0.25) is 0 Å². The Morgan fingerprint density at radius 3 is 2.24 bits per heavy atom. The second-order valence-corrected chi connectivity index (χ2v) is 10.5. The third-order valence-corrected chi connectivity index (χ3v) is 8.30. The van der Waals surface area contributed by atoms with Gasteiger partial charge in [0.25, 0.3) is 0 Å². The minimum Gasteiger partial charge on any atom is -0.354 e. The van der Waals surface area contributed by atoms with Crippen LogP contribution in [0.4, 0.5) is 0 Å². The Morgan fingerprint density at radius 2 is 1.53 bits per heavy atom. The summed E-state index contributed by atoms with van der Waals surface area (Å²) < 4.78 is 2.36. The first-order valence-electron chi connectivity index (χ1n) is 13.9. The van der Waals surface area contributed by atoms with E-state index in [1.54, 1.807) is 11.1 Å². The van der Waals surface area contributed by atoms with E-state index in [1.807, 2.05) is 0 Å². The van der Waals surface area contributed by atoms with Gasteiger partial charge in [-0.1, -0.05) is 89.5 Å². The molecule has 1 aromatic rings. The van der Waals surface area contributed by atoms with Crippen LogP contribution in [0.2, 0.25) is 0 Å². The first kappa shape index (κ1) is 23.2. The largest absolute Gasteiger partial charge is 0.354 e. The molecular weight excluding hydrogens is 410 g/mol. The molecule has 34 heavy (non-hydrogen) atoms. The summed E-state index contributed by atoms with van der Waals surface area (Å²) in [5.74, 6) is 0. The second-order valence-electron chi connectivity index (χ2n) is 10.5. The summed E-state index contributed by atoms with van der Waals surface area (Å²) in [5.41, 5.74) is 9.20. The van der Waals surface area contributed by atoms with Crippen LogP contribution in [0.15, 0.2) is 54.4 Å². The molecule has 0 saturated carbocycles. The summed E-state index contributed by atoms with van der Waals surface area (Å²) in [7, 11) is 0. The van der Waals surface area contributed by atoms with Crippen LogP contribution in [0.5, 0.6) is 0 Å². The minimum atomic E-state index is 0.110. The monoisotopic (exact) mass is 451 g/mol. The Morgan fingerprint density at radius 1 is 0.794 bits per heavy atom. The fraction of sp³-hybridized carbons (Fsp3) is 0.455. The minimum absolute atomic E-state index is 0.110. The van der Waals surface area contributed by atoms with E-state index >= 15 is 0 Å². The Labute approximate surface area is 206 Å². The van der Waals surface area contributed by atoms with Crippen LogP contribution in [0, 0.1) is 0 Å². The number of fused-ring (bicyclic) bond motifs is 5. The number of allylic oxidation sites excluding steroid dienone is 1. The van der Waals surface area contributed by atoms with Gasteiger partial charge in [-0.25, -0.2) is 0 Å². The van der Waals surface area contributed by atoms with Gasteiger partial charge in [-0.2, -0.15) is 0 Å². The predicted molar refractivity (Wildman–Crippen MR) is 147 cm³/mol. The summed E-state index contributed by atoms with van der Waals surface area (Å²) in [6.07, 6.45) is 22.8. The third kappa shape index (κ3) is 3.98. The molecule has 1 nitrogen and oxygen atoms in total. The van der Waals surface area contributed by atoms with Gasteiger partial charge >= 0.3 is 0 Å². The average molecular weight is 452 g/mol. The molecular formula is C33H41N. The maximum Gasteiger partial charge on any atom is 0.0227 e. The van der Waals surface area contributed by atoms with Gasteiger partial charge in [-0.05, 0) is 82.3 Å². The highest BCUT2D eigenvalue weighted by Crippen LogP contribution is 2.55. The summed E-state index contributed by atoms with van der Waals surface area (Å²) in [6.45, 7) is 7.92. The zero-order valence-corrected chi connectivity index (χ0v) is 21.5. The lowest BCUT2D eigenvalue weighted by Crippen LogP contribution is -2.36. The van der Waals surface area contributed by atoms with Gasteiger partial charge in [-0.15, -0.1) is 0 Å². The summed E-state index contributed by atoms with van der Waals surface area (Å²) in [6, 6.07) is 14.0. The molecule has 1 aliphatic heterocycles. The number of hydrogen-bond donors (Lipinski definition) is 0. The van der Waals surface area contributed by atoms with Crippen LogP contribution in [-0.4, -0.2) is 4.57 Å². The standard InChI is InChI=1S/C33H41N/c1-4-7-9-13-18-33(19-14-10-8-5-2)31-27(21-25-15-11-12-16-29(25)31)23-28-22-26-17-20-34(6-3)24-30(26)32(28)33/h11-12,15-17,20-24H,4-10,13-14,18-19H2,1-3H3. The number of aromatic nitrogens is 1. The zero-order valence-electron chi connectivity index (χ0n) is 21.5. The topological polar surface area (TPSA) is 4.93 Å².